The SMILES string of the molecule is CCN(C(=O)CNCCCCC(C)C)C1CC1. The van der Waals surface area contributed by atoms with Gasteiger partial charge in [0.1, 0.15) is 0 Å². The van der Waals surface area contributed by atoms with Crippen molar-refractivity contribution in [1.29, 1.82) is 0 Å². The minimum absolute atomic E-state index is 0.277. The van der Waals surface area contributed by atoms with E-state index in [1.54, 1.807) is 0 Å². The maximum absolute atomic E-state index is 11.9. The molecule has 0 heterocycles. The van der Waals surface area contributed by atoms with Crippen molar-refractivity contribution in [2.24, 2.45) is 5.92 Å². The fraction of sp³-hybridized carbons (Fsp3) is 0.929. The van der Waals surface area contributed by atoms with Crippen molar-refractivity contribution < 1.29 is 4.79 Å². The molecule has 0 aromatic heterocycles. The number of hydrogen-bond donors (Lipinski definition) is 1. The summed E-state index contributed by atoms with van der Waals surface area (Å²) in [5.41, 5.74) is 0. The predicted molar refractivity (Wildman–Crippen MR) is 72.0 cm³/mol. The van der Waals surface area contributed by atoms with E-state index in [1.165, 1.54) is 32.1 Å². The zero-order chi connectivity index (χ0) is 12.7. The van der Waals surface area contributed by atoms with E-state index < -0.39 is 0 Å². The normalized spacial score (nSPS) is 15.3. The van der Waals surface area contributed by atoms with Crippen LogP contribution in [-0.4, -0.2) is 36.5 Å². The van der Waals surface area contributed by atoms with E-state index in [0.29, 0.717) is 12.6 Å². The van der Waals surface area contributed by atoms with Crippen LogP contribution < -0.4 is 5.32 Å². The highest BCUT2D eigenvalue weighted by molar-refractivity contribution is 5.78. The lowest BCUT2D eigenvalue weighted by Gasteiger charge is -2.20. The van der Waals surface area contributed by atoms with Gasteiger partial charge in [-0.05, 0) is 38.6 Å². The molecule has 0 spiro atoms. The average Bonchev–Trinajstić information content (AvgIpc) is 3.08. The standard InChI is InChI=1S/C14H28N2O/c1-4-16(13-8-9-13)14(17)11-15-10-6-5-7-12(2)3/h12-13,15H,4-11H2,1-3H3. The molecule has 0 saturated heterocycles. The molecule has 0 unspecified atom stereocenters. The Labute approximate surface area is 106 Å². The van der Waals surface area contributed by atoms with Crippen LogP contribution in [0.2, 0.25) is 0 Å². The van der Waals surface area contributed by atoms with Gasteiger partial charge in [-0.25, -0.2) is 0 Å². The summed E-state index contributed by atoms with van der Waals surface area (Å²) in [5, 5.41) is 3.27. The van der Waals surface area contributed by atoms with Crippen LogP contribution in [0.15, 0.2) is 0 Å². The van der Waals surface area contributed by atoms with Gasteiger partial charge in [0.05, 0.1) is 6.54 Å². The monoisotopic (exact) mass is 240 g/mol. The van der Waals surface area contributed by atoms with Crippen molar-refractivity contribution in [2.75, 3.05) is 19.6 Å². The maximum atomic E-state index is 11.9. The second-order valence-electron chi connectivity index (χ2n) is 5.48. The van der Waals surface area contributed by atoms with Gasteiger partial charge < -0.3 is 10.2 Å². The molecule has 1 saturated carbocycles. The predicted octanol–water partition coefficient (Wildman–Crippen LogP) is 2.41. The van der Waals surface area contributed by atoms with E-state index in [4.69, 9.17) is 0 Å². The summed E-state index contributed by atoms with van der Waals surface area (Å²) in [7, 11) is 0. The van der Waals surface area contributed by atoms with Crippen molar-refractivity contribution in [3.8, 4) is 0 Å². The Kier molecular flexibility index (Phi) is 6.56. The van der Waals surface area contributed by atoms with Gasteiger partial charge in [0, 0.05) is 12.6 Å². The second-order valence-corrected chi connectivity index (χ2v) is 5.48. The minimum Gasteiger partial charge on any atom is -0.339 e. The molecule has 3 nitrogen and oxygen atoms in total. The Hall–Kier alpha value is -0.570. The highest BCUT2D eigenvalue weighted by atomic mass is 16.2. The van der Waals surface area contributed by atoms with Crippen molar-refractivity contribution in [2.45, 2.75) is 58.9 Å². The van der Waals surface area contributed by atoms with Gasteiger partial charge in [-0.15, -0.1) is 0 Å². The van der Waals surface area contributed by atoms with E-state index in [9.17, 15) is 4.79 Å². The number of hydrogen-bond acceptors (Lipinski definition) is 2. The lowest BCUT2D eigenvalue weighted by Crippen LogP contribution is -2.39. The number of amides is 1. The first-order chi connectivity index (χ1) is 8.15. The summed E-state index contributed by atoms with van der Waals surface area (Å²) in [6.45, 7) is 8.93. The third-order valence-corrected chi connectivity index (χ3v) is 3.31. The van der Waals surface area contributed by atoms with Crippen LogP contribution >= 0.6 is 0 Å². The maximum Gasteiger partial charge on any atom is 0.236 e. The molecular formula is C14H28N2O. The third-order valence-electron chi connectivity index (χ3n) is 3.31. The molecular weight excluding hydrogens is 212 g/mol. The molecule has 0 bridgehead atoms. The first-order valence-electron chi connectivity index (χ1n) is 7.15. The molecule has 1 fully saturated rings. The lowest BCUT2D eigenvalue weighted by molar-refractivity contribution is -0.130. The number of likely N-dealkylation sites (N-methyl/N-ethyl adjacent to an activating group) is 1. The third kappa shape index (κ3) is 6.06. The number of rotatable bonds is 9. The largest absolute Gasteiger partial charge is 0.339 e. The molecule has 0 atom stereocenters. The topological polar surface area (TPSA) is 32.3 Å². The molecule has 3 heteroatoms. The Morgan fingerprint density at radius 2 is 2.06 bits per heavy atom. The smallest absolute Gasteiger partial charge is 0.236 e. The van der Waals surface area contributed by atoms with E-state index >= 15 is 0 Å². The van der Waals surface area contributed by atoms with Crippen LogP contribution in [0.25, 0.3) is 0 Å². The molecule has 1 rings (SSSR count). The number of nitrogens with zero attached hydrogens (tertiary/aromatic N) is 1. The molecule has 1 N–H and O–H groups in total. The fourth-order valence-electron chi connectivity index (χ4n) is 2.12. The molecule has 0 aliphatic heterocycles. The first-order valence-corrected chi connectivity index (χ1v) is 7.15. The lowest BCUT2D eigenvalue weighted by atomic mass is 10.1. The second kappa shape index (κ2) is 7.70. The molecule has 17 heavy (non-hydrogen) atoms. The summed E-state index contributed by atoms with van der Waals surface area (Å²) in [4.78, 5) is 13.9. The van der Waals surface area contributed by atoms with Crippen molar-refractivity contribution >= 4 is 5.91 Å². The molecule has 1 aliphatic rings. The Balaban J connectivity index is 1.99. The molecule has 0 radical (unpaired) electrons. The summed E-state index contributed by atoms with van der Waals surface area (Å²) >= 11 is 0. The van der Waals surface area contributed by atoms with Crippen LogP contribution in [0.5, 0.6) is 0 Å². The zero-order valence-corrected chi connectivity index (χ0v) is 11.7. The van der Waals surface area contributed by atoms with E-state index in [1.807, 2.05) is 4.90 Å². The van der Waals surface area contributed by atoms with Crippen molar-refractivity contribution in [3.05, 3.63) is 0 Å². The van der Waals surface area contributed by atoms with Gasteiger partial charge in [0.15, 0.2) is 0 Å². The molecule has 100 valence electrons. The van der Waals surface area contributed by atoms with Crippen LogP contribution in [0, 0.1) is 5.92 Å². The van der Waals surface area contributed by atoms with Crippen LogP contribution in [0.4, 0.5) is 0 Å². The van der Waals surface area contributed by atoms with Gasteiger partial charge >= 0.3 is 0 Å². The van der Waals surface area contributed by atoms with Crippen LogP contribution in [0.1, 0.15) is 52.9 Å². The van der Waals surface area contributed by atoms with Gasteiger partial charge in [0.25, 0.3) is 0 Å². The molecule has 1 amide bonds. The van der Waals surface area contributed by atoms with Gasteiger partial charge in [-0.2, -0.15) is 0 Å². The van der Waals surface area contributed by atoms with Crippen LogP contribution in [0.3, 0.4) is 0 Å². The summed E-state index contributed by atoms with van der Waals surface area (Å²) < 4.78 is 0. The van der Waals surface area contributed by atoms with Gasteiger partial charge in [0.2, 0.25) is 5.91 Å². The molecule has 0 aromatic rings. The quantitative estimate of drug-likeness (QED) is 0.628. The number of carbonyl (C=O) groups is 1. The Bertz CT molecular complexity index is 224. The van der Waals surface area contributed by atoms with E-state index in [-0.39, 0.29) is 5.91 Å². The summed E-state index contributed by atoms with van der Waals surface area (Å²) in [6, 6.07) is 0.551. The van der Waals surface area contributed by atoms with Crippen molar-refractivity contribution in [3.63, 3.8) is 0 Å². The van der Waals surface area contributed by atoms with Crippen LogP contribution in [-0.2, 0) is 4.79 Å². The van der Waals surface area contributed by atoms with Gasteiger partial charge in [-0.3, -0.25) is 4.79 Å². The Morgan fingerprint density at radius 3 is 2.59 bits per heavy atom. The Morgan fingerprint density at radius 1 is 1.35 bits per heavy atom. The highest BCUT2D eigenvalue weighted by Gasteiger charge is 2.30. The fourth-order valence-corrected chi connectivity index (χ4v) is 2.12. The number of nitrogens with one attached hydrogen (secondary N) is 1. The molecule has 0 aromatic carbocycles. The number of carbonyl (C=O) groups excluding carboxylic acids is 1. The zero-order valence-electron chi connectivity index (χ0n) is 11.7. The van der Waals surface area contributed by atoms with E-state index in [0.717, 1.165) is 19.0 Å². The highest BCUT2D eigenvalue weighted by Crippen LogP contribution is 2.26. The summed E-state index contributed by atoms with van der Waals surface area (Å²) in [5.74, 6) is 1.07. The average molecular weight is 240 g/mol. The van der Waals surface area contributed by atoms with Gasteiger partial charge in [-0.1, -0.05) is 26.7 Å². The number of unbranched alkanes of at least 4 members (excludes halogenated alkanes) is 1. The minimum atomic E-state index is 0.277. The molecule has 1 aliphatic carbocycles. The van der Waals surface area contributed by atoms with E-state index in [2.05, 4.69) is 26.1 Å². The first kappa shape index (κ1) is 14.5. The van der Waals surface area contributed by atoms with Crippen molar-refractivity contribution in [1.82, 2.24) is 10.2 Å². The summed E-state index contributed by atoms with van der Waals surface area (Å²) in [6.07, 6.45) is 6.14.